The zero-order valence-corrected chi connectivity index (χ0v) is 14.8. The van der Waals surface area contributed by atoms with E-state index in [-0.39, 0.29) is 17.0 Å². The third-order valence-corrected chi connectivity index (χ3v) is 5.53. The standard InChI is InChI=1S/C18H23NO3S/c1-11(2)15-7-5-14(6-8-15)9-19-17(22)12(3)13(4)18(19)23-10-16(20)21/h5-8,11,18H,9-10H2,1-4H3,(H,20,21). The molecule has 1 aliphatic rings. The van der Waals surface area contributed by atoms with Gasteiger partial charge in [-0.25, -0.2) is 0 Å². The Kier molecular flexibility index (Phi) is 5.52. The molecule has 0 aromatic heterocycles. The summed E-state index contributed by atoms with van der Waals surface area (Å²) in [4.78, 5) is 25.1. The van der Waals surface area contributed by atoms with E-state index in [1.165, 1.54) is 17.3 Å². The normalized spacial score (nSPS) is 18.2. The van der Waals surface area contributed by atoms with Crippen molar-refractivity contribution in [3.63, 3.8) is 0 Å². The van der Waals surface area contributed by atoms with Gasteiger partial charge in [-0.2, -0.15) is 0 Å². The topological polar surface area (TPSA) is 57.6 Å². The summed E-state index contributed by atoms with van der Waals surface area (Å²) < 4.78 is 0. The van der Waals surface area contributed by atoms with Crippen LogP contribution < -0.4 is 0 Å². The lowest BCUT2D eigenvalue weighted by molar-refractivity contribution is -0.134. The van der Waals surface area contributed by atoms with Gasteiger partial charge in [0.25, 0.3) is 5.91 Å². The summed E-state index contributed by atoms with van der Waals surface area (Å²) in [5, 5.41) is 8.72. The molecular weight excluding hydrogens is 310 g/mol. The van der Waals surface area contributed by atoms with Crippen LogP contribution in [0.2, 0.25) is 0 Å². The number of nitrogens with zero attached hydrogens (tertiary/aromatic N) is 1. The number of amides is 1. The zero-order chi connectivity index (χ0) is 17.1. The average Bonchev–Trinajstić information content (AvgIpc) is 2.70. The van der Waals surface area contributed by atoms with Crippen LogP contribution in [0.15, 0.2) is 35.4 Å². The molecule has 5 heteroatoms. The zero-order valence-electron chi connectivity index (χ0n) is 14.0. The number of rotatable bonds is 6. The minimum atomic E-state index is -0.860. The maximum Gasteiger partial charge on any atom is 0.313 e. The van der Waals surface area contributed by atoms with E-state index in [0.717, 1.165) is 16.7 Å². The van der Waals surface area contributed by atoms with Gasteiger partial charge in [0, 0.05) is 12.1 Å². The first-order valence-electron chi connectivity index (χ1n) is 7.71. The second-order valence-corrected chi connectivity index (χ2v) is 7.26. The Hall–Kier alpha value is -1.75. The number of carbonyl (C=O) groups excluding carboxylic acids is 1. The Morgan fingerprint density at radius 2 is 1.87 bits per heavy atom. The van der Waals surface area contributed by atoms with E-state index in [0.29, 0.717) is 12.5 Å². The molecule has 1 aromatic carbocycles. The molecular formula is C18H23NO3S. The van der Waals surface area contributed by atoms with Crippen LogP contribution in [0.4, 0.5) is 0 Å². The molecule has 0 fully saturated rings. The Bertz CT molecular complexity index is 634. The molecule has 1 unspecified atom stereocenters. The van der Waals surface area contributed by atoms with Crippen molar-refractivity contribution < 1.29 is 14.7 Å². The van der Waals surface area contributed by atoms with Crippen LogP contribution in [0, 0.1) is 0 Å². The molecule has 1 N–H and O–H groups in total. The van der Waals surface area contributed by atoms with Crippen molar-refractivity contribution >= 4 is 23.6 Å². The first-order valence-corrected chi connectivity index (χ1v) is 8.76. The van der Waals surface area contributed by atoms with Crippen LogP contribution in [0.25, 0.3) is 0 Å². The minimum absolute atomic E-state index is 0.00155. The number of thioether (sulfide) groups is 1. The summed E-state index contributed by atoms with van der Waals surface area (Å²) in [5.74, 6) is -0.396. The molecule has 0 radical (unpaired) electrons. The number of carboxylic acids is 1. The highest BCUT2D eigenvalue weighted by molar-refractivity contribution is 8.00. The quantitative estimate of drug-likeness (QED) is 0.863. The molecule has 1 heterocycles. The largest absolute Gasteiger partial charge is 0.481 e. The molecule has 4 nitrogen and oxygen atoms in total. The number of benzene rings is 1. The van der Waals surface area contributed by atoms with Crippen molar-refractivity contribution in [3.05, 3.63) is 46.5 Å². The van der Waals surface area contributed by atoms with Crippen LogP contribution in [-0.2, 0) is 16.1 Å². The predicted molar refractivity (Wildman–Crippen MR) is 93.3 cm³/mol. The van der Waals surface area contributed by atoms with Crippen molar-refractivity contribution in [1.29, 1.82) is 0 Å². The molecule has 2 rings (SSSR count). The van der Waals surface area contributed by atoms with Gasteiger partial charge >= 0.3 is 5.97 Å². The molecule has 1 aliphatic heterocycles. The second-order valence-electron chi connectivity index (χ2n) is 6.19. The molecule has 1 atom stereocenters. The highest BCUT2D eigenvalue weighted by Gasteiger charge is 2.35. The molecule has 0 saturated heterocycles. The van der Waals surface area contributed by atoms with Gasteiger partial charge in [0.15, 0.2) is 0 Å². The van der Waals surface area contributed by atoms with Crippen molar-refractivity contribution in [3.8, 4) is 0 Å². The maximum absolute atomic E-state index is 12.5. The molecule has 1 aromatic rings. The van der Waals surface area contributed by atoms with Gasteiger partial charge in [0.1, 0.15) is 5.37 Å². The van der Waals surface area contributed by atoms with Gasteiger partial charge in [-0.3, -0.25) is 9.59 Å². The summed E-state index contributed by atoms with van der Waals surface area (Å²) in [6.45, 7) is 8.52. The third kappa shape index (κ3) is 3.96. The van der Waals surface area contributed by atoms with E-state index in [1.807, 2.05) is 26.0 Å². The van der Waals surface area contributed by atoms with Gasteiger partial charge in [-0.05, 0) is 36.5 Å². The van der Waals surface area contributed by atoms with E-state index in [4.69, 9.17) is 5.11 Å². The van der Waals surface area contributed by atoms with Gasteiger partial charge < -0.3 is 10.0 Å². The fourth-order valence-corrected chi connectivity index (χ4v) is 3.71. The second kappa shape index (κ2) is 7.21. The summed E-state index contributed by atoms with van der Waals surface area (Å²) >= 11 is 1.29. The van der Waals surface area contributed by atoms with E-state index < -0.39 is 5.97 Å². The van der Waals surface area contributed by atoms with Crippen LogP contribution in [0.1, 0.15) is 44.7 Å². The van der Waals surface area contributed by atoms with E-state index in [2.05, 4.69) is 26.0 Å². The van der Waals surface area contributed by atoms with Gasteiger partial charge in [-0.1, -0.05) is 38.1 Å². The van der Waals surface area contributed by atoms with Crippen LogP contribution in [-0.4, -0.2) is 33.0 Å². The van der Waals surface area contributed by atoms with Crippen molar-refractivity contribution in [2.24, 2.45) is 0 Å². The molecule has 23 heavy (non-hydrogen) atoms. The first-order chi connectivity index (χ1) is 10.8. The predicted octanol–water partition coefficient (Wildman–Crippen LogP) is 3.63. The number of carboxylic acid groups (broad SMARTS) is 1. The van der Waals surface area contributed by atoms with Gasteiger partial charge in [0.05, 0.1) is 5.75 Å². The van der Waals surface area contributed by atoms with Crippen molar-refractivity contribution in [2.75, 3.05) is 5.75 Å². The number of aliphatic carboxylic acids is 1. The van der Waals surface area contributed by atoms with Crippen LogP contribution in [0.5, 0.6) is 0 Å². The molecule has 0 bridgehead atoms. The van der Waals surface area contributed by atoms with Crippen molar-refractivity contribution in [1.82, 2.24) is 4.90 Å². The SMILES string of the molecule is CC1=C(C)C(SCC(=O)O)N(Cc2ccc(C(C)C)cc2)C1=O. The third-order valence-electron chi connectivity index (χ3n) is 4.19. The first kappa shape index (κ1) is 17.6. The molecule has 0 saturated carbocycles. The Morgan fingerprint density at radius 3 is 2.39 bits per heavy atom. The molecule has 0 spiro atoms. The van der Waals surface area contributed by atoms with Gasteiger partial charge in [0.2, 0.25) is 0 Å². The Balaban J connectivity index is 2.15. The number of carbonyl (C=O) groups is 2. The monoisotopic (exact) mass is 333 g/mol. The van der Waals surface area contributed by atoms with Crippen LogP contribution >= 0.6 is 11.8 Å². The highest BCUT2D eigenvalue weighted by atomic mass is 32.2. The summed E-state index contributed by atoms with van der Waals surface area (Å²) in [7, 11) is 0. The minimum Gasteiger partial charge on any atom is -0.481 e. The molecule has 124 valence electrons. The summed E-state index contributed by atoms with van der Waals surface area (Å²) in [5.41, 5.74) is 4.02. The van der Waals surface area contributed by atoms with E-state index in [1.54, 1.807) is 4.90 Å². The Labute approximate surface area is 141 Å². The summed E-state index contributed by atoms with van der Waals surface area (Å²) in [6, 6.07) is 8.27. The lowest BCUT2D eigenvalue weighted by Gasteiger charge is -2.26. The fraction of sp³-hybridized carbons (Fsp3) is 0.444. The highest BCUT2D eigenvalue weighted by Crippen LogP contribution is 2.34. The lowest BCUT2D eigenvalue weighted by atomic mass is 10.0. The molecule has 1 amide bonds. The lowest BCUT2D eigenvalue weighted by Crippen LogP contribution is -2.33. The smallest absolute Gasteiger partial charge is 0.313 e. The fourth-order valence-electron chi connectivity index (χ4n) is 2.63. The molecule has 0 aliphatic carbocycles. The maximum atomic E-state index is 12.5. The average molecular weight is 333 g/mol. The summed E-state index contributed by atoms with van der Waals surface area (Å²) in [6.07, 6.45) is 0. The van der Waals surface area contributed by atoms with Gasteiger partial charge in [-0.15, -0.1) is 11.8 Å². The number of hydrogen-bond acceptors (Lipinski definition) is 3. The van der Waals surface area contributed by atoms with E-state index in [9.17, 15) is 9.59 Å². The Morgan fingerprint density at radius 1 is 1.26 bits per heavy atom. The van der Waals surface area contributed by atoms with Crippen molar-refractivity contribution in [2.45, 2.75) is 45.5 Å². The number of hydrogen-bond donors (Lipinski definition) is 1. The van der Waals surface area contributed by atoms with E-state index >= 15 is 0 Å². The van der Waals surface area contributed by atoms with Crippen LogP contribution in [0.3, 0.4) is 0 Å².